The van der Waals surface area contributed by atoms with Gasteiger partial charge < -0.3 is 9.72 Å². The lowest BCUT2D eigenvalue weighted by Gasteiger charge is -2.29. The van der Waals surface area contributed by atoms with E-state index in [-0.39, 0.29) is 11.0 Å². The number of ether oxygens (including phenoxy) is 1. The van der Waals surface area contributed by atoms with E-state index in [0.717, 1.165) is 60.9 Å². The number of fused-ring (bicyclic) bond motifs is 1. The van der Waals surface area contributed by atoms with Gasteiger partial charge in [0.05, 0.1) is 11.3 Å². The third-order valence-corrected chi connectivity index (χ3v) is 5.68. The Morgan fingerprint density at radius 3 is 2.82 bits per heavy atom. The number of pyridine rings is 1. The molecular formula is C22H30N4O2. The van der Waals surface area contributed by atoms with Crippen LogP contribution in [0.25, 0.3) is 0 Å². The van der Waals surface area contributed by atoms with Gasteiger partial charge in [0.25, 0.3) is 5.56 Å². The third-order valence-electron chi connectivity index (χ3n) is 5.68. The molecule has 1 aliphatic heterocycles. The first-order chi connectivity index (χ1) is 13.4. The van der Waals surface area contributed by atoms with Gasteiger partial charge in [0.1, 0.15) is 11.9 Å². The minimum Gasteiger partial charge on any atom is -0.474 e. The van der Waals surface area contributed by atoms with E-state index in [0.29, 0.717) is 12.6 Å². The smallest absolute Gasteiger partial charge is 0.255 e. The van der Waals surface area contributed by atoms with Crippen molar-refractivity contribution in [2.24, 2.45) is 0 Å². The largest absolute Gasteiger partial charge is 0.474 e. The van der Waals surface area contributed by atoms with Crippen LogP contribution in [0.2, 0.25) is 0 Å². The van der Waals surface area contributed by atoms with Crippen LogP contribution in [0.3, 0.4) is 0 Å². The van der Waals surface area contributed by atoms with Crippen LogP contribution in [-0.4, -0.2) is 32.5 Å². The second kappa shape index (κ2) is 7.66. The quantitative estimate of drug-likeness (QED) is 0.878. The zero-order valence-corrected chi connectivity index (χ0v) is 17.1. The van der Waals surface area contributed by atoms with Crippen molar-refractivity contribution >= 4 is 0 Å². The van der Waals surface area contributed by atoms with Crippen molar-refractivity contribution in [3.63, 3.8) is 0 Å². The van der Waals surface area contributed by atoms with Gasteiger partial charge in [0.15, 0.2) is 0 Å². The van der Waals surface area contributed by atoms with E-state index < -0.39 is 0 Å². The Kier molecular flexibility index (Phi) is 5.23. The van der Waals surface area contributed by atoms with Crippen molar-refractivity contribution < 1.29 is 4.74 Å². The van der Waals surface area contributed by atoms with E-state index in [9.17, 15) is 4.79 Å². The number of nitrogens with one attached hydrogen (secondary N) is 1. The average Bonchev–Trinajstić information content (AvgIpc) is 3.16. The molecule has 6 heteroatoms. The molecule has 0 bridgehead atoms. The molecule has 1 fully saturated rings. The lowest BCUT2D eigenvalue weighted by atomic mass is 9.95. The Morgan fingerprint density at radius 2 is 2.07 bits per heavy atom. The van der Waals surface area contributed by atoms with Crippen LogP contribution in [0.1, 0.15) is 69.1 Å². The van der Waals surface area contributed by atoms with Gasteiger partial charge in [0.2, 0.25) is 5.88 Å². The molecular weight excluding hydrogens is 352 g/mol. The fraction of sp³-hybridized carbons (Fsp3) is 0.591. The zero-order valence-electron chi connectivity index (χ0n) is 17.1. The number of hydrogen-bond donors (Lipinski definition) is 1. The molecule has 28 heavy (non-hydrogen) atoms. The summed E-state index contributed by atoms with van der Waals surface area (Å²) in [6, 6.07) is 4.04. The summed E-state index contributed by atoms with van der Waals surface area (Å²) in [6.07, 6.45) is 7.58. The molecule has 3 heterocycles. The third kappa shape index (κ3) is 4.12. The number of hydrogen-bond acceptors (Lipinski definition) is 5. The molecule has 0 radical (unpaired) electrons. The molecule has 0 saturated heterocycles. The highest BCUT2D eigenvalue weighted by Crippen LogP contribution is 2.27. The molecule has 0 atom stereocenters. The molecule has 0 aromatic carbocycles. The van der Waals surface area contributed by atoms with Crippen molar-refractivity contribution in [1.82, 2.24) is 19.9 Å². The number of aromatic amines is 1. The highest BCUT2D eigenvalue weighted by molar-refractivity contribution is 5.27. The minimum absolute atomic E-state index is 0.00626. The minimum atomic E-state index is -0.159. The molecule has 1 aliphatic carbocycles. The lowest BCUT2D eigenvalue weighted by molar-refractivity contribution is 0.189. The summed E-state index contributed by atoms with van der Waals surface area (Å²) in [6.45, 7) is 8.43. The highest BCUT2D eigenvalue weighted by atomic mass is 16.5. The predicted molar refractivity (Wildman–Crippen MR) is 108 cm³/mol. The van der Waals surface area contributed by atoms with Gasteiger partial charge in [-0.2, -0.15) is 0 Å². The van der Waals surface area contributed by atoms with Gasteiger partial charge >= 0.3 is 0 Å². The van der Waals surface area contributed by atoms with Crippen molar-refractivity contribution in [2.75, 3.05) is 6.54 Å². The van der Waals surface area contributed by atoms with Gasteiger partial charge in [-0.05, 0) is 31.7 Å². The first-order valence-corrected chi connectivity index (χ1v) is 10.4. The summed E-state index contributed by atoms with van der Waals surface area (Å²) in [5, 5.41) is 0. The molecule has 1 N–H and O–H groups in total. The monoisotopic (exact) mass is 382 g/mol. The fourth-order valence-corrected chi connectivity index (χ4v) is 4.03. The highest BCUT2D eigenvalue weighted by Gasteiger charge is 2.26. The molecule has 4 rings (SSSR count). The Labute approximate surface area is 166 Å². The molecule has 0 unspecified atom stereocenters. The van der Waals surface area contributed by atoms with Crippen molar-refractivity contribution in [1.29, 1.82) is 0 Å². The van der Waals surface area contributed by atoms with E-state index in [1.165, 1.54) is 12.8 Å². The maximum absolute atomic E-state index is 12.7. The van der Waals surface area contributed by atoms with Crippen LogP contribution in [-0.2, 0) is 24.9 Å². The van der Waals surface area contributed by atoms with Gasteiger partial charge in [0, 0.05) is 43.2 Å². The topological polar surface area (TPSA) is 71.1 Å². The standard InChI is InChI=1S/C22H30N4O2/c1-22(2,3)21-24-18-10-12-26(14-17(18)19(27)25-21)13-15-7-6-11-23-20(15)28-16-8-4-5-9-16/h6-7,11,16H,4-5,8-10,12-14H2,1-3H3,(H,24,25,27). The van der Waals surface area contributed by atoms with Crippen LogP contribution in [0.15, 0.2) is 23.1 Å². The summed E-state index contributed by atoms with van der Waals surface area (Å²) in [5.41, 5.74) is 2.66. The van der Waals surface area contributed by atoms with Gasteiger partial charge in [-0.15, -0.1) is 0 Å². The Balaban J connectivity index is 1.51. The molecule has 150 valence electrons. The Hall–Kier alpha value is -2.21. The molecule has 0 amide bonds. The van der Waals surface area contributed by atoms with Gasteiger partial charge in [-0.1, -0.05) is 26.8 Å². The summed E-state index contributed by atoms with van der Waals surface area (Å²) in [5.74, 6) is 1.51. The maximum atomic E-state index is 12.7. The lowest BCUT2D eigenvalue weighted by Crippen LogP contribution is -2.37. The van der Waals surface area contributed by atoms with Gasteiger partial charge in [-0.3, -0.25) is 9.69 Å². The summed E-state index contributed by atoms with van der Waals surface area (Å²) >= 11 is 0. The van der Waals surface area contributed by atoms with Crippen LogP contribution in [0.4, 0.5) is 0 Å². The molecule has 2 aromatic heterocycles. The molecule has 2 aromatic rings. The van der Waals surface area contributed by atoms with E-state index >= 15 is 0 Å². The normalized spacial score (nSPS) is 18.2. The summed E-state index contributed by atoms with van der Waals surface area (Å²) in [7, 11) is 0. The fourth-order valence-electron chi connectivity index (χ4n) is 4.03. The van der Waals surface area contributed by atoms with Crippen molar-refractivity contribution in [3.05, 3.63) is 51.3 Å². The second-order valence-corrected chi connectivity index (χ2v) is 9.04. The first kappa shape index (κ1) is 19.1. The van der Waals surface area contributed by atoms with E-state index in [1.54, 1.807) is 6.20 Å². The summed E-state index contributed by atoms with van der Waals surface area (Å²) < 4.78 is 6.18. The average molecular weight is 383 g/mol. The first-order valence-electron chi connectivity index (χ1n) is 10.4. The number of H-pyrrole nitrogens is 1. The number of rotatable bonds is 4. The molecule has 0 spiro atoms. The van der Waals surface area contributed by atoms with E-state index in [1.807, 2.05) is 6.07 Å². The van der Waals surface area contributed by atoms with E-state index in [4.69, 9.17) is 9.72 Å². The van der Waals surface area contributed by atoms with Crippen LogP contribution in [0.5, 0.6) is 5.88 Å². The zero-order chi connectivity index (χ0) is 19.7. The van der Waals surface area contributed by atoms with Crippen molar-refractivity contribution in [2.45, 2.75) is 77.5 Å². The van der Waals surface area contributed by atoms with Crippen LogP contribution < -0.4 is 10.3 Å². The number of nitrogens with zero attached hydrogens (tertiary/aromatic N) is 3. The van der Waals surface area contributed by atoms with Crippen LogP contribution >= 0.6 is 0 Å². The molecule has 6 nitrogen and oxygen atoms in total. The predicted octanol–water partition coefficient (Wildman–Crippen LogP) is 3.34. The SMILES string of the molecule is CC(C)(C)c1nc2c(c(=O)[nH]1)CN(Cc1cccnc1OC1CCCC1)CC2. The Bertz CT molecular complexity index is 894. The van der Waals surface area contributed by atoms with Crippen molar-refractivity contribution in [3.8, 4) is 5.88 Å². The van der Waals surface area contributed by atoms with Gasteiger partial charge in [-0.25, -0.2) is 9.97 Å². The maximum Gasteiger partial charge on any atom is 0.255 e. The summed E-state index contributed by atoms with van der Waals surface area (Å²) in [4.78, 5) is 27.2. The second-order valence-electron chi connectivity index (χ2n) is 9.04. The Morgan fingerprint density at radius 1 is 1.29 bits per heavy atom. The molecule has 1 saturated carbocycles. The number of aromatic nitrogens is 3. The molecule has 2 aliphatic rings. The van der Waals surface area contributed by atoms with Crippen LogP contribution in [0, 0.1) is 0 Å². The van der Waals surface area contributed by atoms with E-state index in [2.05, 4.69) is 41.7 Å².